The van der Waals surface area contributed by atoms with Crippen LogP contribution in [0, 0.1) is 6.92 Å². The fourth-order valence-electron chi connectivity index (χ4n) is 2.28. The van der Waals surface area contributed by atoms with Gasteiger partial charge in [-0.1, -0.05) is 11.6 Å². The summed E-state index contributed by atoms with van der Waals surface area (Å²) in [6.45, 7) is 1.80. The molecular formula is C12H12ClN3O2. The van der Waals surface area contributed by atoms with E-state index in [9.17, 15) is 4.79 Å². The Bertz CT molecular complexity index is 611. The SMILES string of the molecule is Cc1nc(Cl)c2ccn(C3CCC(C=O)O3)c2n1. The van der Waals surface area contributed by atoms with Gasteiger partial charge in [-0.25, -0.2) is 9.97 Å². The Kier molecular flexibility index (Phi) is 2.80. The van der Waals surface area contributed by atoms with Crippen molar-refractivity contribution in [3.63, 3.8) is 0 Å². The topological polar surface area (TPSA) is 57.0 Å². The lowest BCUT2D eigenvalue weighted by molar-refractivity contribution is -0.119. The lowest BCUT2D eigenvalue weighted by Crippen LogP contribution is -2.12. The largest absolute Gasteiger partial charge is 0.347 e. The van der Waals surface area contributed by atoms with Crippen LogP contribution < -0.4 is 0 Å². The van der Waals surface area contributed by atoms with Gasteiger partial charge in [0.25, 0.3) is 0 Å². The molecule has 0 radical (unpaired) electrons. The Morgan fingerprint density at radius 3 is 3.06 bits per heavy atom. The van der Waals surface area contributed by atoms with E-state index in [1.54, 1.807) is 6.92 Å². The molecule has 0 N–H and O–H groups in total. The van der Waals surface area contributed by atoms with E-state index in [-0.39, 0.29) is 12.3 Å². The van der Waals surface area contributed by atoms with Crippen LogP contribution in [-0.4, -0.2) is 26.9 Å². The second-order valence-corrected chi connectivity index (χ2v) is 4.72. The van der Waals surface area contributed by atoms with Gasteiger partial charge >= 0.3 is 0 Å². The first-order valence-electron chi connectivity index (χ1n) is 5.80. The zero-order valence-electron chi connectivity index (χ0n) is 9.84. The van der Waals surface area contributed by atoms with Crippen molar-refractivity contribution < 1.29 is 9.53 Å². The maximum atomic E-state index is 10.7. The van der Waals surface area contributed by atoms with E-state index in [4.69, 9.17) is 16.3 Å². The van der Waals surface area contributed by atoms with Gasteiger partial charge in [0.2, 0.25) is 0 Å². The summed E-state index contributed by atoms with van der Waals surface area (Å²) in [5.74, 6) is 0.623. The molecule has 1 aliphatic rings. The van der Waals surface area contributed by atoms with Crippen LogP contribution in [0.15, 0.2) is 12.3 Å². The summed E-state index contributed by atoms with van der Waals surface area (Å²) in [6.07, 6.45) is 3.80. The molecule has 0 saturated carbocycles. The highest BCUT2D eigenvalue weighted by molar-refractivity contribution is 6.33. The molecule has 2 aromatic heterocycles. The van der Waals surface area contributed by atoms with Gasteiger partial charge in [-0.2, -0.15) is 0 Å². The fraction of sp³-hybridized carbons (Fsp3) is 0.417. The Morgan fingerprint density at radius 1 is 1.50 bits per heavy atom. The third-order valence-electron chi connectivity index (χ3n) is 3.13. The number of carbonyl (C=O) groups is 1. The fourth-order valence-corrected chi connectivity index (χ4v) is 2.55. The lowest BCUT2D eigenvalue weighted by Gasteiger charge is -2.13. The number of hydrogen-bond acceptors (Lipinski definition) is 4. The number of aromatic nitrogens is 3. The van der Waals surface area contributed by atoms with E-state index >= 15 is 0 Å². The first kappa shape index (κ1) is 11.6. The Balaban J connectivity index is 2.05. The summed E-state index contributed by atoms with van der Waals surface area (Å²) in [7, 11) is 0. The molecule has 3 rings (SSSR count). The summed E-state index contributed by atoms with van der Waals surface area (Å²) < 4.78 is 7.55. The number of fused-ring (bicyclic) bond motifs is 1. The zero-order chi connectivity index (χ0) is 12.7. The second kappa shape index (κ2) is 4.33. The van der Waals surface area contributed by atoms with Crippen molar-refractivity contribution in [2.45, 2.75) is 32.1 Å². The number of rotatable bonds is 2. The number of aryl methyl sites for hydroxylation is 1. The third-order valence-corrected chi connectivity index (χ3v) is 3.42. The molecular weight excluding hydrogens is 254 g/mol. The molecule has 0 bridgehead atoms. The van der Waals surface area contributed by atoms with Gasteiger partial charge < -0.3 is 14.1 Å². The van der Waals surface area contributed by atoms with Crippen LogP contribution in [0.1, 0.15) is 24.9 Å². The van der Waals surface area contributed by atoms with E-state index in [0.29, 0.717) is 11.0 Å². The highest BCUT2D eigenvalue weighted by atomic mass is 35.5. The normalized spacial score (nSPS) is 23.7. The van der Waals surface area contributed by atoms with E-state index in [2.05, 4.69) is 9.97 Å². The molecule has 2 atom stereocenters. The third kappa shape index (κ3) is 1.79. The maximum absolute atomic E-state index is 10.7. The van der Waals surface area contributed by atoms with Gasteiger partial charge in [-0.05, 0) is 25.8 Å². The summed E-state index contributed by atoms with van der Waals surface area (Å²) in [4.78, 5) is 19.2. The predicted octanol–water partition coefficient (Wildman–Crippen LogP) is 2.27. The summed E-state index contributed by atoms with van der Waals surface area (Å²) in [5, 5.41) is 1.25. The number of ether oxygens (including phenoxy) is 1. The van der Waals surface area contributed by atoms with Crippen molar-refractivity contribution in [2.24, 2.45) is 0 Å². The number of aldehydes is 1. The molecule has 0 spiro atoms. The van der Waals surface area contributed by atoms with Crippen LogP contribution in [0.4, 0.5) is 0 Å². The van der Waals surface area contributed by atoms with E-state index in [1.165, 1.54) is 0 Å². The van der Waals surface area contributed by atoms with E-state index in [1.807, 2.05) is 16.8 Å². The Hall–Kier alpha value is -1.46. The van der Waals surface area contributed by atoms with Gasteiger partial charge in [0, 0.05) is 6.20 Å². The monoisotopic (exact) mass is 265 g/mol. The van der Waals surface area contributed by atoms with Crippen molar-refractivity contribution in [1.82, 2.24) is 14.5 Å². The molecule has 1 fully saturated rings. The van der Waals surface area contributed by atoms with E-state index in [0.717, 1.165) is 30.2 Å². The first-order valence-corrected chi connectivity index (χ1v) is 6.18. The number of halogens is 1. The molecule has 0 aromatic carbocycles. The molecule has 0 amide bonds. The van der Waals surface area contributed by atoms with Crippen molar-refractivity contribution >= 4 is 28.9 Å². The Morgan fingerprint density at radius 2 is 2.33 bits per heavy atom. The summed E-state index contributed by atoms with van der Waals surface area (Å²) in [6, 6.07) is 1.87. The smallest absolute Gasteiger partial charge is 0.148 e. The van der Waals surface area contributed by atoms with E-state index < -0.39 is 0 Å². The molecule has 6 heteroatoms. The molecule has 94 valence electrons. The summed E-state index contributed by atoms with van der Waals surface area (Å²) in [5.41, 5.74) is 0.754. The molecule has 2 aromatic rings. The van der Waals surface area contributed by atoms with Crippen LogP contribution in [0.25, 0.3) is 11.0 Å². The van der Waals surface area contributed by atoms with Crippen LogP contribution in [-0.2, 0) is 9.53 Å². The quantitative estimate of drug-likeness (QED) is 0.617. The second-order valence-electron chi connectivity index (χ2n) is 4.36. The summed E-state index contributed by atoms with van der Waals surface area (Å²) >= 11 is 6.08. The molecule has 1 saturated heterocycles. The van der Waals surface area contributed by atoms with Gasteiger partial charge in [0.1, 0.15) is 35.2 Å². The average Bonchev–Trinajstić information content (AvgIpc) is 2.93. The standard InChI is InChI=1S/C12H12ClN3O2/c1-7-14-11(13)9-4-5-16(12(9)15-7)10-3-2-8(6-17)18-10/h4-6,8,10H,2-3H2,1H3. The highest BCUT2D eigenvalue weighted by Gasteiger charge is 2.27. The Labute approximate surface area is 109 Å². The number of nitrogens with zero attached hydrogens (tertiary/aromatic N) is 3. The van der Waals surface area contributed by atoms with Crippen molar-refractivity contribution in [3.05, 3.63) is 23.2 Å². The van der Waals surface area contributed by atoms with Gasteiger partial charge in [0.05, 0.1) is 5.39 Å². The van der Waals surface area contributed by atoms with Gasteiger partial charge in [-0.15, -0.1) is 0 Å². The molecule has 3 heterocycles. The van der Waals surface area contributed by atoms with Crippen LogP contribution in [0.3, 0.4) is 0 Å². The maximum Gasteiger partial charge on any atom is 0.148 e. The first-order chi connectivity index (χ1) is 8.69. The van der Waals surface area contributed by atoms with Crippen molar-refractivity contribution in [3.8, 4) is 0 Å². The predicted molar refractivity (Wildman–Crippen MR) is 66.5 cm³/mol. The van der Waals surface area contributed by atoms with Crippen molar-refractivity contribution in [1.29, 1.82) is 0 Å². The van der Waals surface area contributed by atoms with Gasteiger partial charge in [0.15, 0.2) is 0 Å². The average molecular weight is 266 g/mol. The molecule has 0 aliphatic carbocycles. The molecule has 18 heavy (non-hydrogen) atoms. The van der Waals surface area contributed by atoms with Crippen LogP contribution >= 0.6 is 11.6 Å². The van der Waals surface area contributed by atoms with Crippen LogP contribution in [0.2, 0.25) is 5.15 Å². The molecule has 5 nitrogen and oxygen atoms in total. The highest BCUT2D eigenvalue weighted by Crippen LogP contribution is 2.31. The molecule has 1 aliphatic heterocycles. The number of carbonyl (C=O) groups excluding carboxylic acids is 1. The van der Waals surface area contributed by atoms with Crippen LogP contribution in [0.5, 0.6) is 0 Å². The van der Waals surface area contributed by atoms with Crippen molar-refractivity contribution in [2.75, 3.05) is 0 Å². The molecule has 2 unspecified atom stereocenters. The number of hydrogen-bond donors (Lipinski definition) is 0. The zero-order valence-corrected chi connectivity index (χ0v) is 10.6. The minimum absolute atomic E-state index is 0.150. The minimum atomic E-state index is -0.314. The minimum Gasteiger partial charge on any atom is -0.347 e. The van der Waals surface area contributed by atoms with Gasteiger partial charge in [-0.3, -0.25) is 0 Å². The lowest BCUT2D eigenvalue weighted by atomic mass is 10.2.